The number of nitrogens with zero attached hydrogens (tertiary/aromatic N) is 1. The van der Waals surface area contributed by atoms with Crippen LogP contribution in [0.2, 0.25) is 0 Å². The molecule has 1 aromatic carbocycles. The lowest BCUT2D eigenvalue weighted by molar-refractivity contribution is 0.0948. The number of hydrogen-bond acceptors (Lipinski definition) is 3. The lowest BCUT2D eigenvalue weighted by Crippen LogP contribution is -2.35. The molecule has 0 saturated heterocycles. The largest absolute Gasteiger partial charge is 0.352 e. The zero-order valence-electron chi connectivity index (χ0n) is 13.6. The van der Waals surface area contributed by atoms with E-state index in [0.717, 1.165) is 30.8 Å². The molecule has 0 atom stereocenters. The predicted octanol–water partition coefficient (Wildman–Crippen LogP) is 3.48. The predicted molar refractivity (Wildman–Crippen MR) is 97.2 cm³/mol. The number of hydrogen-bond donors (Lipinski definition) is 2. The van der Waals surface area contributed by atoms with Crippen molar-refractivity contribution in [1.29, 1.82) is 0 Å². The summed E-state index contributed by atoms with van der Waals surface area (Å²) in [5.41, 5.74) is 2.52. The van der Waals surface area contributed by atoms with Crippen molar-refractivity contribution in [3.63, 3.8) is 0 Å². The van der Waals surface area contributed by atoms with Crippen LogP contribution in [0.1, 0.15) is 24.2 Å². The van der Waals surface area contributed by atoms with Gasteiger partial charge in [0.1, 0.15) is 4.64 Å². The smallest absolute Gasteiger partial charge is 0.254 e. The topological polar surface area (TPSA) is 48.1 Å². The maximum Gasteiger partial charge on any atom is 0.254 e. The Hall–Kier alpha value is -1.98. The number of amides is 1. The van der Waals surface area contributed by atoms with Gasteiger partial charge in [-0.05, 0) is 30.3 Å². The summed E-state index contributed by atoms with van der Waals surface area (Å²) >= 11 is 5.26. The lowest BCUT2D eigenvalue weighted by atomic mass is 10.1. The van der Waals surface area contributed by atoms with Crippen molar-refractivity contribution >= 4 is 18.1 Å². The molecular weight excluding hydrogens is 306 g/mol. The first kappa shape index (κ1) is 17.4. The third-order valence-corrected chi connectivity index (χ3v) is 4.20. The molecule has 2 aromatic rings. The van der Waals surface area contributed by atoms with Crippen LogP contribution in [0.15, 0.2) is 42.6 Å². The minimum atomic E-state index is -0.129. The minimum Gasteiger partial charge on any atom is -0.352 e. The normalized spacial score (nSPS) is 10.7. The molecule has 0 aliphatic carbocycles. The van der Waals surface area contributed by atoms with Crippen LogP contribution in [0.25, 0.3) is 11.1 Å². The molecule has 1 aromatic heterocycles. The second-order valence-corrected chi connectivity index (χ2v) is 5.69. The van der Waals surface area contributed by atoms with Gasteiger partial charge in [-0.1, -0.05) is 56.4 Å². The summed E-state index contributed by atoms with van der Waals surface area (Å²) < 4.78 is 0.463. The Morgan fingerprint density at radius 1 is 1.17 bits per heavy atom. The first-order valence-corrected chi connectivity index (χ1v) is 8.35. The Kier molecular flexibility index (Phi) is 6.50. The van der Waals surface area contributed by atoms with Gasteiger partial charge in [0, 0.05) is 19.3 Å². The Bertz CT molecular complexity index is 693. The SMILES string of the molecule is CCN(CC)CCNC(=O)c1cc(-c2ccccc2)c[nH]c1=S. The molecule has 2 N–H and O–H groups in total. The maximum atomic E-state index is 12.4. The fraction of sp³-hybridized carbons (Fsp3) is 0.333. The number of aromatic nitrogens is 1. The molecule has 2 rings (SSSR count). The van der Waals surface area contributed by atoms with E-state index in [4.69, 9.17) is 12.2 Å². The number of rotatable bonds is 7. The summed E-state index contributed by atoms with van der Waals surface area (Å²) in [5.74, 6) is -0.129. The highest BCUT2D eigenvalue weighted by molar-refractivity contribution is 7.71. The van der Waals surface area contributed by atoms with E-state index < -0.39 is 0 Å². The van der Waals surface area contributed by atoms with Crippen LogP contribution < -0.4 is 5.32 Å². The zero-order chi connectivity index (χ0) is 16.7. The van der Waals surface area contributed by atoms with E-state index in [1.54, 1.807) is 0 Å². The Morgan fingerprint density at radius 2 is 1.87 bits per heavy atom. The van der Waals surface area contributed by atoms with Crippen molar-refractivity contribution in [2.45, 2.75) is 13.8 Å². The molecule has 0 radical (unpaired) electrons. The van der Waals surface area contributed by atoms with Gasteiger partial charge >= 0.3 is 0 Å². The van der Waals surface area contributed by atoms with Crippen LogP contribution in [-0.4, -0.2) is 42.0 Å². The van der Waals surface area contributed by atoms with E-state index in [-0.39, 0.29) is 5.91 Å². The molecule has 23 heavy (non-hydrogen) atoms. The van der Waals surface area contributed by atoms with E-state index in [1.165, 1.54) is 0 Å². The average molecular weight is 329 g/mol. The van der Waals surface area contributed by atoms with Gasteiger partial charge in [-0.2, -0.15) is 0 Å². The van der Waals surface area contributed by atoms with Gasteiger partial charge in [0.2, 0.25) is 0 Å². The average Bonchev–Trinajstić information content (AvgIpc) is 2.59. The highest BCUT2D eigenvalue weighted by Gasteiger charge is 2.10. The van der Waals surface area contributed by atoms with Crippen LogP contribution in [0.3, 0.4) is 0 Å². The van der Waals surface area contributed by atoms with Crippen LogP contribution in [0.5, 0.6) is 0 Å². The molecule has 122 valence electrons. The number of likely N-dealkylation sites (N-methyl/N-ethyl adjacent to an activating group) is 1. The van der Waals surface area contributed by atoms with Crippen molar-refractivity contribution in [2.24, 2.45) is 0 Å². The Balaban J connectivity index is 2.10. The van der Waals surface area contributed by atoms with Crippen molar-refractivity contribution in [1.82, 2.24) is 15.2 Å². The summed E-state index contributed by atoms with van der Waals surface area (Å²) in [6.07, 6.45) is 1.84. The van der Waals surface area contributed by atoms with Crippen molar-refractivity contribution in [3.8, 4) is 11.1 Å². The van der Waals surface area contributed by atoms with E-state index in [1.807, 2.05) is 42.6 Å². The standard InChI is InChI=1S/C18H23N3OS/c1-3-21(4-2)11-10-19-17(22)16-12-15(13-20-18(16)23)14-8-6-5-7-9-14/h5-9,12-13H,3-4,10-11H2,1-2H3,(H,19,22)(H,20,23). The number of H-pyrrole nitrogens is 1. The Morgan fingerprint density at radius 3 is 2.52 bits per heavy atom. The fourth-order valence-electron chi connectivity index (χ4n) is 2.41. The van der Waals surface area contributed by atoms with Gasteiger partial charge in [-0.15, -0.1) is 0 Å². The van der Waals surface area contributed by atoms with Crippen LogP contribution in [-0.2, 0) is 0 Å². The number of benzene rings is 1. The van der Waals surface area contributed by atoms with Gasteiger partial charge in [-0.3, -0.25) is 4.79 Å². The molecule has 1 amide bonds. The third-order valence-electron chi connectivity index (χ3n) is 3.86. The van der Waals surface area contributed by atoms with Crippen LogP contribution in [0, 0.1) is 4.64 Å². The summed E-state index contributed by atoms with van der Waals surface area (Å²) in [6, 6.07) is 11.8. The molecular formula is C18H23N3OS. The monoisotopic (exact) mass is 329 g/mol. The highest BCUT2D eigenvalue weighted by Crippen LogP contribution is 2.19. The number of carbonyl (C=O) groups excluding carboxylic acids is 1. The zero-order valence-corrected chi connectivity index (χ0v) is 14.5. The summed E-state index contributed by atoms with van der Waals surface area (Å²) in [6.45, 7) is 7.65. The van der Waals surface area contributed by atoms with Gasteiger partial charge < -0.3 is 15.2 Å². The molecule has 4 nitrogen and oxygen atoms in total. The quantitative estimate of drug-likeness (QED) is 0.765. The Labute approximate surface area is 142 Å². The summed E-state index contributed by atoms with van der Waals surface area (Å²) in [7, 11) is 0. The second kappa shape index (κ2) is 8.60. The lowest BCUT2D eigenvalue weighted by Gasteiger charge is -2.18. The van der Waals surface area contributed by atoms with Gasteiger partial charge in [0.25, 0.3) is 5.91 Å². The van der Waals surface area contributed by atoms with Gasteiger partial charge in [0.05, 0.1) is 5.56 Å². The molecule has 0 saturated carbocycles. The number of pyridine rings is 1. The molecule has 1 heterocycles. The summed E-state index contributed by atoms with van der Waals surface area (Å²) in [4.78, 5) is 17.7. The van der Waals surface area contributed by atoms with Crippen molar-refractivity contribution in [3.05, 3.63) is 52.8 Å². The van der Waals surface area contributed by atoms with Crippen LogP contribution in [0.4, 0.5) is 0 Å². The number of carbonyl (C=O) groups is 1. The second-order valence-electron chi connectivity index (χ2n) is 5.28. The molecule has 0 fully saturated rings. The molecule has 0 unspecified atom stereocenters. The van der Waals surface area contributed by atoms with Crippen molar-refractivity contribution in [2.75, 3.05) is 26.2 Å². The van der Waals surface area contributed by atoms with E-state index in [9.17, 15) is 4.79 Å². The molecule has 0 aliphatic heterocycles. The third kappa shape index (κ3) is 4.74. The summed E-state index contributed by atoms with van der Waals surface area (Å²) in [5, 5.41) is 2.95. The maximum absolute atomic E-state index is 12.4. The first-order valence-electron chi connectivity index (χ1n) is 7.94. The van der Waals surface area contributed by atoms with E-state index in [2.05, 4.69) is 29.0 Å². The van der Waals surface area contributed by atoms with Gasteiger partial charge in [-0.25, -0.2) is 0 Å². The molecule has 0 spiro atoms. The van der Waals surface area contributed by atoms with Crippen LogP contribution >= 0.6 is 12.2 Å². The number of aromatic amines is 1. The first-order chi connectivity index (χ1) is 11.2. The van der Waals surface area contributed by atoms with E-state index in [0.29, 0.717) is 16.7 Å². The van der Waals surface area contributed by atoms with Gasteiger partial charge in [0.15, 0.2) is 0 Å². The minimum absolute atomic E-state index is 0.129. The number of nitrogens with one attached hydrogen (secondary N) is 2. The molecule has 5 heteroatoms. The molecule has 0 bridgehead atoms. The van der Waals surface area contributed by atoms with Crippen molar-refractivity contribution < 1.29 is 4.79 Å². The highest BCUT2D eigenvalue weighted by atomic mass is 32.1. The molecule has 0 aliphatic rings. The van der Waals surface area contributed by atoms with E-state index >= 15 is 0 Å². The fourth-order valence-corrected chi connectivity index (χ4v) is 2.62.